The van der Waals surface area contributed by atoms with Crippen LogP contribution in [0.3, 0.4) is 0 Å². The Morgan fingerprint density at radius 2 is 0.581 bits per heavy atom. The van der Waals surface area contributed by atoms with Crippen LogP contribution in [0.15, 0.2) is 121 Å². The highest BCUT2D eigenvalue weighted by Crippen LogP contribution is 2.29. The van der Waals surface area contributed by atoms with E-state index < -0.39 is 0 Å². The molecule has 31 heavy (non-hydrogen) atoms. The molecule has 0 atom stereocenters. The van der Waals surface area contributed by atoms with Crippen molar-refractivity contribution < 1.29 is 0 Å². The summed E-state index contributed by atoms with van der Waals surface area (Å²) in [5.74, 6) is 0. The molecule has 0 aliphatic rings. The minimum absolute atomic E-state index is 0.544. The van der Waals surface area contributed by atoms with Gasteiger partial charge in [0.25, 0.3) is 0 Å². The Bertz CT molecular complexity index is 829. The highest BCUT2D eigenvalue weighted by molar-refractivity contribution is 8.00. The Labute approximate surface area is 191 Å². The fourth-order valence-electron chi connectivity index (χ4n) is 4.12. The second kappa shape index (κ2) is 11.6. The Morgan fingerprint density at radius 3 is 0.806 bits per heavy atom. The number of hydrogen-bond acceptors (Lipinski definition) is 1. The van der Waals surface area contributed by atoms with E-state index in [-0.39, 0.29) is 0 Å². The second-order valence-electron chi connectivity index (χ2n) is 8.14. The predicted molar refractivity (Wildman–Crippen MR) is 136 cm³/mol. The van der Waals surface area contributed by atoms with Crippen LogP contribution in [-0.2, 0) is 25.7 Å². The highest BCUT2D eigenvalue weighted by atomic mass is 32.2. The largest absolute Gasteiger partial charge is 0.154 e. The molecule has 156 valence electrons. The first-order chi connectivity index (χ1) is 15.3. The average molecular weight is 423 g/mol. The minimum atomic E-state index is 0.544. The first kappa shape index (κ1) is 21.5. The molecule has 1 heteroatoms. The van der Waals surface area contributed by atoms with Crippen LogP contribution in [0.2, 0.25) is 0 Å². The van der Waals surface area contributed by atoms with E-state index in [1.165, 1.54) is 22.3 Å². The van der Waals surface area contributed by atoms with Gasteiger partial charge >= 0.3 is 0 Å². The summed E-state index contributed by atoms with van der Waals surface area (Å²) < 4.78 is 0. The highest BCUT2D eigenvalue weighted by Gasteiger charge is 2.19. The quantitative estimate of drug-likeness (QED) is 0.256. The van der Waals surface area contributed by atoms with Crippen LogP contribution in [0.1, 0.15) is 22.3 Å². The molecule has 0 saturated carbocycles. The van der Waals surface area contributed by atoms with E-state index in [1.54, 1.807) is 0 Å². The fourth-order valence-corrected chi connectivity index (χ4v) is 5.82. The lowest BCUT2D eigenvalue weighted by Crippen LogP contribution is -2.20. The summed E-state index contributed by atoms with van der Waals surface area (Å²) in [5, 5.41) is 1.09. The third kappa shape index (κ3) is 7.15. The predicted octanol–water partition coefficient (Wildman–Crippen LogP) is 7.43. The smallest absolute Gasteiger partial charge is 0.0131 e. The molecule has 4 aromatic carbocycles. The molecule has 0 amide bonds. The summed E-state index contributed by atoms with van der Waals surface area (Å²) in [4.78, 5) is 0. The van der Waals surface area contributed by atoms with E-state index in [0.29, 0.717) is 10.5 Å². The monoisotopic (exact) mass is 422 g/mol. The molecule has 0 heterocycles. The summed E-state index contributed by atoms with van der Waals surface area (Å²) in [5.41, 5.74) is 5.70. The van der Waals surface area contributed by atoms with Gasteiger partial charge in [0.2, 0.25) is 0 Å². The molecule has 0 radical (unpaired) electrons. The van der Waals surface area contributed by atoms with E-state index in [4.69, 9.17) is 0 Å². The van der Waals surface area contributed by atoms with E-state index in [9.17, 15) is 0 Å². The van der Waals surface area contributed by atoms with Crippen LogP contribution < -0.4 is 0 Å². The van der Waals surface area contributed by atoms with Crippen molar-refractivity contribution in [3.05, 3.63) is 144 Å². The normalized spacial score (nSPS) is 11.2. The zero-order chi connectivity index (χ0) is 21.1. The van der Waals surface area contributed by atoms with Crippen LogP contribution in [0.5, 0.6) is 0 Å². The molecule has 0 saturated heterocycles. The van der Waals surface area contributed by atoms with Gasteiger partial charge in [-0.2, -0.15) is 11.8 Å². The van der Waals surface area contributed by atoms with Crippen LogP contribution in [0.4, 0.5) is 0 Å². The van der Waals surface area contributed by atoms with Crippen LogP contribution in [-0.4, -0.2) is 10.5 Å². The Kier molecular flexibility index (Phi) is 8.01. The fraction of sp³-hybridized carbons (Fsp3) is 0.200. The standard InChI is InChI=1S/C30H30S/c1-5-13-25(14-6-1)21-29(22-26-15-7-2-8-16-26)31-30(23-27-17-9-3-10-18-27)24-28-19-11-4-12-20-28/h1-20,29-30H,21-24H2. The number of thioether (sulfide) groups is 1. The Morgan fingerprint density at radius 1 is 0.355 bits per heavy atom. The second-order valence-corrected chi connectivity index (χ2v) is 9.74. The van der Waals surface area contributed by atoms with Crippen molar-refractivity contribution in [3.8, 4) is 0 Å². The van der Waals surface area contributed by atoms with Crippen molar-refractivity contribution in [1.82, 2.24) is 0 Å². The molecule has 0 bridgehead atoms. The molecule has 0 unspecified atom stereocenters. The van der Waals surface area contributed by atoms with E-state index in [2.05, 4.69) is 133 Å². The van der Waals surface area contributed by atoms with E-state index in [1.807, 2.05) is 0 Å². The molecule has 4 rings (SSSR count). The first-order valence-electron chi connectivity index (χ1n) is 11.2. The van der Waals surface area contributed by atoms with Gasteiger partial charge < -0.3 is 0 Å². The lowest BCUT2D eigenvalue weighted by Gasteiger charge is -2.24. The van der Waals surface area contributed by atoms with Gasteiger partial charge in [-0.25, -0.2) is 0 Å². The maximum absolute atomic E-state index is 2.27. The summed E-state index contributed by atoms with van der Waals surface area (Å²) in [7, 11) is 0. The molecule has 0 aromatic heterocycles. The number of hydrogen-bond donors (Lipinski definition) is 0. The molecule has 0 spiro atoms. The Hall–Kier alpha value is -2.77. The van der Waals surface area contributed by atoms with Gasteiger partial charge in [-0.15, -0.1) is 0 Å². The third-order valence-electron chi connectivity index (χ3n) is 5.61. The first-order valence-corrected chi connectivity index (χ1v) is 12.1. The summed E-state index contributed by atoms with van der Waals surface area (Å²) >= 11 is 2.17. The topological polar surface area (TPSA) is 0 Å². The Balaban J connectivity index is 1.55. The maximum Gasteiger partial charge on any atom is 0.0131 e. The van der Waals surface area contributed by atoms with E-state index >= 15 is 0 Å². The summed E-state index contributed by atoms with van der Waals surface area (Å²) in [6, 6.07) is 43.8. The van der Waals surface area contributed by atoms with Crippen molar-refractivity contribution >= 4 is 11.8 Å². The molecular weight excluding hydrogens is 392 g/mol. The third-order valence-corrected chi connectivity index (χ3v) is 7.05. The van der Waals surface area contributed by atoms with Crippen molar-refractivity contribution in [1.29, 1.82) is 0 Å². The summed E-state index contributed by atoms with van der Waals surface area (Å²) in [6.45, 7) is 0. The minimum Gasteiger partial charge on any atom is -0.154 e. The molecule has 0 aliphatic heterocycles. The molecule has 0 N–H and O–H groups in total. The van der Waals surface area contributed by atoms with Crippen LogP contribution in [0, 0.1) is 0 Å². The lowest BCUT2D eigenvalue weighted by atomic mass is 10.0. The molecule has 0 aliphatic carbocycles. The van der Waals surface area contributed by atoms with Crippen LogP contribution >= 0.6 is 11.8 Å². The number of rotatable bonds is 10. The van der Waals surface area contributed by atoms with Gasteiger partial charge in [0.05, 0.1) is 0 Å². The van der Waals surface area contributed by atoms with Gasteiger partial charge in [-0.3, -0.25) is 0 Å². The zero-order valence-corrected chi connectivity index (χ0v) is 18.8. The van der Waals surface area contributed by atoms with Crippen molar-refractivity contribution in [2.45, 2.75) is 36.2 Å². The molecular formula is C30H30S. The van der Waals surface area contributed by atoms with Gasteiger partial charge in [0.15, 0.2) is 0 Å². The van der Waals surface area contributed by atoms with Crippen molar-refractivity contribution in [3.63, 3.8) is 0 Å². The summed E-state index contributed by atoms with van der Waals surface area (Å²) in [6.07, 6.45) is 4.39. The van der Waals surface area contributed by atoms with Crippen molar-refractivity contribution in [2.75, 3.05) is 0 Å². The number of benzene rings is 4. The van der Waals surface area contributed by atoms with Gasteiger partial charge in [0.1, 0.15) is 0 Å². The van der Waals surface area contributed by atoms with Crippen LogP contribution in [0.25, 0.3) is 0 Å². The van der Waals surface area contributed by atoms with Gasteiger partial charge in [-0.1, -0.05) is 121 Å². The zero-order valence-electron chi connectivity index (χ0n) is 17.9. The maximum atomic E-state index is 2.27. The average Bonchev–Trinajstić information content (AvgIpc) is 2.82. The lowest BCUT2D eigenvalue weighted by molar-refractivity contribution is 0.797. The van der Waals surface area contributed by atoms with Crippen molar-refractivity contribution in [2.24, 2.45) is 0 Å². The van der Waals surface area contributed by atoms with E-state index in [0.717, 1.165) is 25.7 Å². The molecule has 4 aromatic rings. The molecule has 0 nitrogen and oxygen atoms in total. The van der Waals surface area contributed by atoms with Gasteiger partial charge in [-0.05, 0) is 47.9 Å². The SMILES string of the molecule is c1ccc(CC(Cc2ccccc2)SC(Cc2ccccc2)Cc2ccccc2)cc1. The molecule has 0 fully saturated rings. The van der Waals surface area contributed by atoms with Gasteiger partial charge in [0, 0.05) is 10.5 Å².